The molecule has 0 radical (unpaired) electrons. The lowest BCUT2D eigenvalue weighted by Crippen LogP contribution is -2.44. The summed E-state index contributed by atoms with van der Waals surface area (Å²) in [6.45, 7) is 13.5. The minimum absolute atomic E-state index is 0.692. The Morgan fingerprint density at radius 3 is 1.95 bits per heavy atom. The van der Waals surface area contributed by atoms with Crippen molar-refractivity contribution in [2.45, 2.75) is 78.3 Å². The summed E-state index contributed by atoms with van der Waals surface area (Å²) in [7, 11) is 2.29. The lowest BCUT2D eigenvalue weighted by Gasteiger charge is -2.42. The second kappa shape index (κ2) is 7.97. The molecular formula is C19H38N2. The fourth-order valence-corrected chi connectivity index (χ4v) is 4.26. The maximum atomic E-state index is 2.82. The third-order valence-corrected chi connectivity index (χ3v) is 6.28. The van der Waals surface area contributed by atoms with Crippen LogP contribution in [-0.2, 0) is 0 Å². The summed E-state index contributed by atoms with van der Waals surface area (Å²) >= 11 is 0. The highest BCUT2D eigenvalue weighted by molar-refractivity contribution is 4.84. The summed E-state index contributed by atoms with van der Waals surface area (Å²) in [6.07, 6.45) is 8.67. The molecule has 0 bridgehead atoms. The van der Waals surface area contributed by atoms with Gasteiger partial charge in [0.2, 0.25) is 0 Å². The van der Waals surface area contributed by atoms with E-state index in [-0.39, 0.29) is 0 Å². The van der Waals surface area contributed by atoms with Gasteiger partial charge < -0.3 is 9.80 Å². The van der Waals surface area contributed by atoms with Crippen molar-refractivity contribution in [3.8, 4) is 0 Å². The highest BCUT2D eigenvalue weighted by atomic mass is 15.2. The molecule has 1 aliphatic carbocycles. The fourth-order valence-electron chi connectivity index (χ4n) is 4.26. The smallest absolute Gasteiger partial charge is 0.00954 e. The molecule has 0 aromatic heterocycles. The van der Waals surface area contributed by atoms with Gasteiger partial charge >= 0.3 is 0 Å². The molecule has 1 heterocycles. The van der Waals surface area contributed by atoms with Gasteiger partial charge in [-0.3, -0.25) is 0 Å². The Kier molecular flexibility index (Phi) is 6.55. The van der Waals surface area contributed by atoms with Crippen LogP contribution >= 0.6 is 0 Å². The summed E-state index contributed by atoms with van der Waals surface area (Å²) in [6, 6.07) is 1.59. The molecule has 0 spiro atoms. The Morgan fingerprint density at radius 1 is 0.905 bits per heavy atom. The van der Waals surface area contributed by atoms with Gasteiger partial charge in [-0.25, -0.2) is 0 Å². The van der Waals surface area contributed by atoms with Gasteiger partial charge in [0.1, 0.15) is 0 Å². The fraction of sp³-hybridized carbons (Fsp3) is 1.00. The Labute approximate surface area is 133 Å². The van der Waals surface area contributed by atoms with Gasteiger partial charge in [0, 0.05) is 18.6 Å². The zero-order valence-corrected chi connectivity index (χ0v) is 15.1. The van der Waals surface area contributed by atoms with Crippen molar-refractivity contribution in [3.63, 3.8) is 0 Å². The minimum Gasteiger partial charge on any atom is -0.304 e. The minimum atomic E-state index is 0.692. The zero-order chi connectivity index (χ0) is 15.4. The predicted molar refractivity (Wildman–Crippen MR) is 92.6 cm³/mol. The van der Waals surface area contributed by atoms with Crippen molar-refractivity contribution in [2.75, 3.05) is 26.7 Å². The van der Waals surface area contributed by atoms with Crippen molar-refractivity contribution < 1.29 is 0 Å². The van der Waals surface area contributed by atoms with Gasteiger partial charge in [-0.2, -0.15) is 0 Å². The largest absolute Gasteiger partial charge is 0.304 e. The van der Waals surface area contributed by atoms with Crippen molar-refractivity contribution in [1.29, 1.82) is 0 Å². The second-order valence-electron chi connectivity index (χ2n) is 8.33. The van der Waals surface area contributed by atoms with Crippen LogP contribution < -0.4 is 0 Å². The Hall–Kier alpha value is -0.0800. The quantitative estimate of drug-likeness (QED) is 0.748. The van der Waals surface area contributed by atoms with Crippen molar-refractivity contribution in [2.24, 2.45) is 17.8 Å². The van der Waals surface area contributed by atoms with Crippen molar-refractivity contribution >= 4 is 0 Å². The van der Waals surface area contributed by atoms with Crippen molar-refractivity contribution in [3.05, 3.63) is 0 Å². The van der Waals surface area contributed by atoms with Gasteiger partial charge in [0.25, 0.3) is 0 Å². The second-order valence-corrected chi connectivity index (χ2v) is 8.33. The number of rotatable bonds is 5. The van der Waals surface area contributed by atoms with Gasteiger partial charge in [-0.15, -0.1) is 0 Å². The maximum Gasteiger partial charge on any atom is 0.00954 e. The summed E-state index contributed by atoms with van der Waals surface area (Å²) in [5, 5.41) is 0. The number of piperidine rings is 1. The standard InChI is InChI=1S/C19H38N2/c1-15(2)18-10-12-21(13-11-18)19-8-6-17(7-9-19)14-20(5)16(3)4/h15-19H,6-14H2,1-5H3. The van der Waals surface area contributed by atoms with E-state index >= 15 is 0 Å². The number of likely N-dealkylation sites (tertiary alicyclic amines) is 1. The number of nitrogens with zero attached hydrogens (tertiary/aromatic N) is 2. The van der Waals surface area contributed by atoms with Crippen LogP contribution in [0.3, 0.4) is 0 Å². The van der Waals surface area contributed by atoms with Crippen LogP contribution in [-0.4, -0.2) is 48.6 Å². The summed E-state index contributed by atoms with van der Waals surface area (Å²) in [4.78, 5) is 5.35. The van der Waals surface area contributed by atoms with Crippen LogP contribution in [0.2, 0.25) is 0 Å². The normalized spacial score (nSPS) is 29.7. The molecule has 1 aliphatic heterocycles. The molecule has 124 valence electrons. The summed E-state index contributed by atoms with van der Waals surface area (Å²) < 4.78 is 0. The van der Waals surface area contributed by atoms with Gasteiger partial charge in [0.05, 0.1) is 0 Å². The van der Waals surface area contributed by atoms with E-state index in [0.29, 0.717) is 6.04 Å². The van der Waals surface area contributed by atoms with E-state index < -0.39 is 0 Å². The monoisotopic (exact) mass is 294 g/mol. The molecule has 0 N–H and O–H groups in total. The molecule has 21 heavy (non-hydrogen) atoms. The molecule has 2 aliphatic rings. The third-order valence-electron chi connectivity index (χ3n) is 6.28. The highest BCUT2D eigenvalue weighted by Crippen LogP contribution is 2.32. The van der Waals surface area contributed by atoms with Crippen molar-refractivity contribution in [1.82, 2.24) is 9.80 Å². The van der Waals surface area contributed by atoms with Crippen LogP contribution in [0.5, 0.6) is 0 Å². The highest BCUT2D eigenvalue weighted by Gasteiger charge is 2.30. The summed E-state index contributed by atoms with van der Waals surface area (Å²) in [5.41, 5.74) is 0. The van der Waals surface area contributed by atoms with E-state index in [1.807, 2.05) is 0 Å². The van der Waals surface area contributed by atoms with Crippen LogP contribution in [0.4, 0.5) is 0 Å². The van der Waals surface area contributed by atoms with Gasteiger partial charge in [0.15, 0.2) is 0 Å². The Morgan fingerprint density at radius 2 is 1.48 bits per heavy atom. The molecule has 0 aromatic carbocycles. The SMILES string of the molecule is CC(C)C1CCN(C2CCC(CN(C)C(C)C)CC2)CC1. The molecule has 2 rings (SSSR count). The first-order valence-corrected chi connectivity index (χ1v) is 9.41. The maximum absolute atomic E-state index is 2.82. The average molecular weight is 295 g/mol. The molecule has 1 saturated carbocycles. The number of hydrogen-bond acceptors (Lipinski definition) is 2. The molecule has 0 unspecified atom stereocenters. The summed E-state index contributed by atoms with van der Waals surface area (Å²) in [5.74, 6) is 2.81. The van der Waals surface area contributed by atoms with E-state index in [4.69, 9.17) is 0 Å². The predicted octanol–water partition coefficient (Wildman–Crippen LogP) is 4.25. The van der Waals surface area contributed by atoms with Crippen LogP contribution in [0.25, 0.3) is 0 Å². The molecule has 0 amide bonds. The molecule has 1 saturated heterocycles. The van der Waals surface area contributed by atoms with Gasteiger partial charge in [-0.05, 0) is 90.3 Å². The molecule has 2 heteroatoms. The van der Waals surface area contributed by atoms with Crippen LogP contribution in [0.15, 0.2) is 0 Å². The molecule has 2 fully saturated rings. The molecule has 0 atom stereocenters. The van der Waals surface area contributed by atoms with E-state index in [2.05, 4.69) is 44.5 Å². The van der Waals surface area contributed by atoms with E-state index in [1.165, 1.54) is 58.2 Å². The zero-order valence-electron chi connectivity index (χ0n) is 15.1. The Balaban J connectivity index is 1.70. The lowest BCUT2D eigenvalue weighted by atomic mass is 9.82. The molecule has 0 aromatic rings. The van der Waals surface area contributed by atoms with E-state index in [0.717, 1.165) is 23.8 Å². The van der Waals surface area contributed by atoms with Gasteiger partial charge in [-0.1, -0.05) is 13.8 Å². The molecular weight excluding hydrogens is 256 g/mol. The van der Waals surface area contributed by atoms with E-state index in [1.54, 1.807) is 0 Å². The average Bonchev–Trinajstić information content (AvgIpc) is 2.48. The van der Waals surface area contributed by atoms with Crippen LogP contribution in [0.1, 0.15) is 66.2 Å². The topological polar surface area (TPSA) is 6.48 Å². The van der Waals surface area contributed by atoms with E-state index in [9.17, 15) is 0 Å². The first kappa shape index (κ1) is 17.3. The Bertz CT molecular complexity index is 284. The van der Waals surface area contributed by atoms with Crippen LogP contribution in [0, 0.1) is 17.8 Å². The molecule has 2 nitrogen and oxygen atoms in total. The first-order valence-electron chi connectivity index (χ1n) is 9.41. The lowest BCUT2D eigenvalue weighted by molar-refractivity contribution is 0.0761. The number of hydrogen-bond donors (Lipinski definition) is 0. The first-order chi connectivity index (χ1) is 9.97. The third kappa shape index (κ3) is 4.96.